The molecule has 5 nitrogen and oxygen atoms in total. The van der Waals surface area contributed by atoms with Crippen LogP contribution in [0.4, 0.5) is 4.39 Å². The van der Waals surface area contributed by atoms with Gasteiger partial charge in [-0.15, -0.1) is 5.10 Å². The molecule has 2 heterocycles. The molecule has 76 valence electrons. The van der Waals surface area contributed by atoms with E-state index in [2.05, 4.69) is 10.1 Å². The second kappa shape index (κ2) is 3.04. The van der Waals surface area contributed by atoms with Crippen molar-refractivity contribution in [1.29, 1.82) is 0 Å². The molecule has 1 aromatic heterocycles. The number of carboxylic acids is 1. The van der Waals surface area contributed by atoms with Gasteiger partial charge in [-0.3, -0.25) is 0 Å². The average molecular weight is 199 g/mol. The molecule has 2 unspecified atom stereocenters. The second-order valence-corrected chi connectivity index (χ2v) is 3.31. The van der Waals surface area contributed by atoms with Crippen molar-refractivity contribution in [3.8, 4) is 0 Å². The zero-order valence-electron chi connectivity index (χ0n) is 7.64. The molecule has 1 aromatic rings. The Balaban J connectivity index is 2.41. The van der Waals surface area contributed by atoms with Crippen LogP contribution in [0.3, 0.4) is 0 Å². The number of fused-ring (bicyclic) bond motifs is 1. The second-order valence-electron chi connectivity index (χ2n) is 3.31. The first-order valence-corrected chi connectivity index (χ1v) is 4.47. The van der Waals surface area contributed by atoms with E-state index < -0.39 is 12.1 Å². The van der Waals surface area contributed by atoms with Crippen molar-refractivity contribution in [1.82, 2.24) is 14.8 Å². The third-order valence-electron chi connectivity index (χ3n) is 2.43. The maximum Gasteiger partial charge on any atom is 0.375 e. The fraction of sp³-hybridized carbons (Fsp3) is 0.625. The summed E-state index contributed by atoms with van der Waals surface area (Å²) in [5, 5.41) is 12.4. The van der Waals surface area contributed by atoms with Crippen LogP contribution in [0.5, 0.6) is 0 Å². The number of rotatable bonds is 2. The molecule has 0 saturated carbocycles. The molecule has 2 atom stereocenters. The Labute approximate surface area is 79.6 Å². The van der Waals surface area contributed by atoms with E-state index in [0.717, 1.165) is 6.42 Å². The van der Waals surface area contributed by atoms with Crippen LogP contribution in [0, 0.1) is 0 Å². The summed E-state index contributed by atoms with van der Waals surface area (Å²) in [6.07, 6.45) is -0.0952. The quantitative estimate of drug-likeness (QED) is 0.780. The number of alkyl halides is 1. The summed E-state index contributed by atoms with van der Waals surface area (Å²) in [7, 11) is 0. The lowest BCUT2D eigenvalue weighted by molar-refractivity contribution is 0.0682. The highest BCUT2D eigenvalue weighted by Crippen LogP contribution is 2.36. The van der Waals surface area contributed by atoms with E-state index in [1.165, 1.54) is 4.68 Å². The minimum absolute atomic E-state index is 0.0550. The molecule has 0 radical (unpaired) electrons. The Morgan fingerprint density at radius 3 is 3.07 bits per heavy atom. The maximum absolute atomic E-state index is 13.3. The van der Waals surface area contributed by atoms with Crippen molar-refractivity contribution >= 4 is 5.97 Å². The van der Waals surface area contributed by atoms with E-state index in [-0.39, 0.29) is 17.7 Å². The smallest absolute Gasteiger partial charge is 0.375 e. The zero-order valence-corrected chi connectivity index (χ0v) is 7.64. The summed E-state index contributed by atoms with van der Waals surface area (Å²) in [6, 6.07) is -0.0550. The number of hydrogen-bond acceptors (Lipinski definition) is 3. The first-order valence-electron chi connectivity index (χ1n) is 4.47. The normalized spacial score (nSPS) is 25.0. The highest BCUT2D eigenvalue weighted by Gasteiger charge is 2.34. The van der Waals surface area contributed by atoms with Gasteiger partial charge in [0.2, 0.25) is 0 Å². The van der Waals surface area contributed by atoms with Crippen molar-refractivity contribution in [3.63, 3.8) is 0 Å². The van der Waals surface area contributed by atoms with Crippen LogP contribution in [0.15, 0.2) is 0 Å². The van der Waals surface area contributed by atoms with Crippen LogP contribution in [-0.2, 0) is 0 Å². The minimum Gasteiger partial charge on any atom is -0.475 e. The summed E-state index contributed by atoms with van der Waals surface area (Å²) in [6.45, 7) is 1.91. The van der Waals surface area contributed by atoms with E-state index in [1.807, 2.05) is 6.92 Å². The van der Waals surface area contributed by atoms with Gasteiger partial charge in [0.1, 0.15) is 0 Å². The molecular formula is C8H10FN3O2. The SMILES string of the molecule is CCC1CC(F)c2nc(C(=O)O)nn21. The average Bonchev–Trinajstić information content (AvgIpc) is 2.66. The molecule has 1 N–H and O–H groups in total. The molecule has 14 heavy (non-hydrogen) atoms. The van der Waals surface area contributed by atoms with E-state index in [1.54, 1.807) is 0 Å². The number of aromatic carboxylic acids is 1. The van der Waals surface area contributed by atoms with Crippen LogP contribution in [0.1, 0.15) is 48.4 Å². The van der Waals surface area contributed by atoms with E-state index >= 15 is 0 Å². The molecule has 0 fully saturated rings. The molecular weight excluding hydrogens is 189 g/mol. The third kappa shape index (κ3) is 1.18. The molecule has 1 aliphatic rings. The van der Waals surface area contributed by atoms with Crippen molar-refractivity contribution in [2.24, 2.45) is 0 Å². The van der Waals surface area contributed by atoms with E-state index in [9.17, 15) is 9.18 Å². The lowest BCUT2D eigenvalue weighted by Gasteiger charge is -2.05. The number of aromatic nitrogens is 3. The van der Waals surface area contributed by atoms with Gasteiger partial charge in [0.15, 0.2) is 12.0 Å². The molecule has 0 saturated heterocycles. The van der Waals surface area contributed by atoms with Gasteiger partial charge in [-0.05, 0) is 6.42 Å². The summed E-state index contributed by atoms with van der Waals surface area (Å²) in [4.78, 5) is 14.2. The van der Waals surface area contributed by atoms with Gasteiger partial charge in [-0.1, -0.05) is 6.92 Å². The lowest BCUT2D eigenvalue weighted by Crippen LogP contribution is -2.07. The molecule has 6 heteroatoms. The van der Waals surface area contributed by atoms with Gasteiger partial charge < -0.3 is 5.11 Å². The Kier molecular flexibility index (Phi) is 1.98. The summed E-state index contributed by atoms with van der Waals surface area (Å²) in [5.74, 6) is -1.39. The molecule has 0 spiro atoms. The molecule has 0 bridgehead atoms. The number of nitrogens with zero attached hydrogens (tertiary/aromatic N) is 3. The summed E-state index contributed by atoms with van der Waals surface area (Å²) < 4.78 is 14.7. The zero-order chi connectivity index (χ0) is 10.3. The summed E-state index contributed by atoms with van der Waals surface area (Å²) in [5.41, 5.74) is 0. The van der Waals surface area contributed by atoms with Crippen LogP contribution in [-0.4, -0.2) is 25.8 Å². The number of carbonyl (C=O) groups is 1. The standard InChI is InChI=1S/C8H10FN3O2/c1-2-4-3-5(9)7-10-6(8(13)14)11-12(4)7/h4-5H,2-3H2,1H3,(H,13,14). The van der Waals surface area contributed by atoms with Gasteiger partial charge in [-0.25, -0.2) is 18.9 Å². The highest BCUT2D eigenvalue weighted by molar-refractivity contribution is 5.82. The Bertz CT molecular complexity index is 377. The number of carboxylic acid groups (broad SMARTS) is 1. The fourth-order valence-electron chi connectivity index (χ4n) is 1.69. The Morgan fingerprint density at radius 1 is 1.79 bits per heavy atom. The largest absolute Gasteiger partial charge is 0.475 e. The Hall–Kier alpha value is -1.46. The van der Waals surface area contributed by atoms with Crippen LogP contribution in [0.2, 0.25) is 0 Å². The minimum atomic E-state index is -1.21. The van der Waals surface area contributed by atoms with Gasteiger partial charge >= 0.3 is 5.97 Å². The maximum atomic E-state index is 13.3. The highest BCUT2D eigenvalue weighted by atomic mass is 19.1. The van der Waals surface area contributed by atoms with Crippen LogP contribution < -0.4 is 0 Å². The van der Waals surface area contributed by atoms with Gasteiger partial charge in [0.25, 0.3) is 5.82 Å². The third-order valence-corrected chi connectivity index (χ3v) is 2.43. The predicted octanol–water partition coefficient (Wildman–Crippen LogP) is 1.34. The lowest BCUT2D eigenvalue weighted by atomic mass is 10.1. The van der Waals surface area contributed by atoms with E-state index in [4.69, 9.17) is 5.11 Å². The first-order chi connectivity index (χ1) is 6.63. The summed E-state index contributed by atoms with van der Waals surface area (Å²) >= 11 is 0. The van der Waals surface area contributed by atoms with Crippen molar-refractivity contribution in [3.05, 3.63) is 11.6 Å². The molecule has 1 aliphatic heterocycles. The fourth-order valence-corrected chi connectivity index (χ4v) is 1.69. The van der Waals surface area contributed by atoms with Gasteiger partial charge in [0.05, 0.1) is 6.04 Å². The Morgan fingerprint density at radius 2 is 2.50 bits per heavy atom. The van der Waals surface area contributed by atoms with Crippen molar-refractivity contribution in [2.45, 2.75) is 32.0 Å². The number of hydrogen-bond donors (Lipinski definition) is 1. The monoisotopic (exact) mass is 199 g/mol. The van der Waals surface area contributed by atoms with Crippen molar-refractivity contribution in [2.75, 3.05) is 0 Å². The molecule has 2 rings (SSSR count). The predicted molar refractivity (Wildman–Crippen MR) is 44.8 cm³/mol. The van der Waals surface area contributed by atoms with Crippen LogP contribution in [0.25, 0.3) is 0 Å². The van der Waals surface area contributed by atoms with Crippen LogP contribution >= 0.6 is 0 Å². The van der Waals surface area contributed by atoms with Crippen molar-refractivity contribution < 1.29 is 14.3 Å². The first kappa shape index (κ1) is 9.11. The molecule has 0 aromatic carbocycles. The molecule has 0 aliphatic carbocycles. The molecule has 0 amide bonds. The number of halogens is 1. The topological polar surface area (TPSA) is 68.0 Å². The van der Waals surface area contributed by atoms with Gasteiger partial charge in [0, 0.05) is 6.42 Å². The van der Waals surface area contributed by atoms with Gasteiger partial charge in [-0.2, -0.15) is 0 Å². The van der Waals surface area contributed by atoms with E-state index in [0.29, 0.717) is 6.42 Å².